The van der Waals surface area contributed by atoms with Crippen molar-refractivity contribution in [1.82, 2.24) is 0 Å². The van der Waals surface area contributed by atoms with E-state index in [0.29, 0.717) is 12.1 Å². The first-order valence-corrected chi connectivity index (χ1v) is 4.19. The zero-order chi connectivity index (χ0) is 14.1. The number of Topliss-reactive ketones (excluding diaryl/α,β-unsaturated/α-hetero) is 1. The van der Waals surface area contributed by atoms with Gasteiger partial charge >= 0.3 is 17.6 Å². The number of alkyl halides is 3. The molecule has 0 bridgehead atoms. The summed E-state index contributed by atoms with van der Waals surface area (Å²) in [6.45, 7) is 0. The molecule has 1 aromatic carbocycles. The Morgan fingerprint density at radius 2 is 1.67 bits per heavy atom. The van der Waals surface area contributed by atoms with Crippen LogP contribution in [0.1, 0.15) is 10.4 Å². The quantitative estimate of drug-likeness (QED) is 0.473. The number of nitro benzene ring substituents is 2. The summed E-state index contributed by atoms with van der Waals surface area (Å²) in [4.78, 5) is 29.3. The zero-order valence-electron chi connectivity index (χ0n) is 8.30. The number of nitrogens with zero attached hydrogens (tertiary/aromatic N) is 2. The number of para-hydroxylation sites is 1. The smallest absolute Gasteiger partial charge is 0.284 e. The van der Waals surface area contributed by atoms with Gasteiger partial charge in [0.05, 0.1) is 9.85 Å². The number of rotatable bonds is 3. The molecule has 0 saturated carbocycles. The first kappa shape index (κ1) is 13.5. The summed E-state index contributed by atoms with van der Waals surface area (Å²) in [5.41, 5.74) is -4.00. The molecule has 1 aromatic rings. The van der Waals surface area contributed by atoms with Crippen molar-refractivity contribution in [2.45, 2.75) is 6.18 Å². The molecule has 96 valence electrons. The minimum Gasteiger partial charge on any atom is -0.284 e. The largest absolute Gasteiger partial charge is 0.455 e. The van der Waals surface area contributed by atoms with Gasteiger partial charge in [-0.1, -0.05) is 6.07 Å². The van der Waals surface area contributed by atoms with Gasteiger partial charge in [0.1, 0.15) is 5.56 Å². The number of nitro groups is 2. The predicted molar refractivity (Wildman–Crippen MR) is 50.1 cm³/mol. The maximum absolute atomic E-state index is 12.2. The lowest BCUT2D eigenvalue weighted by atomic mass is 10.1. The Morgan fingerprint density at radius 1 is 1.11 bits per heavy atom. The molecule has 0 unspecified atom stereocenters. The van der Waals surface area contributed by atoms with Crippen molar-refractivity contribution in [2.75, 3.05) is 0 Å². The van der Waals surface area contributed by atoms with Crippen LogP contribution in [0.5, 0.6) is 0 Å². The molecule has 0 aliphatic carbocycles. The summed E-state index contributed by atoms with van der Waals surface area (Å²) in [7, 11) is 0. The molecular formula is C8H3F3N2O5. The molecule has 0 amide bonds. The van der Waals surface area contributed by atoms with E-state index in [1.807, 2.05) is 0 Å². The van der Waals surface area contributed by atoms with Crippen LogP contribution < -0.4 is 0 Å². The number of hydrogen-bond donors (Lipinski definition) is 0. The fourth-order valence-corrected chi connectivity index (χ4v) is 1.21. The van der Waals surface area contributed by atoms with Crippen LogP contribution in [0, 0.1) is 20.2 Å². The maximum Gasteiger partial charge on any atom is 0.455 e. The molecular weight excluding hydrogens is 261 g/mol. The first-order valence-electron chi connectivity index (χ1n) is 4.19. The van der Waals surface area contributed by atoms with Crippen molar-refractivity contribution in [3.63, 3.8) is 0 Å². The number of hydrogen-bond acceptors (Lipinski definition) is 5. The van der Waals surface area contributed by atoms with E-state index in [-0.39, 0.29) is 0 Å². The molecule has 10 heteroatoms. The summed E-state index contributed by atoms with van der Waals surface area (Å²) >= 11 is 0. The van der Waals surface area contributed by atoms with Gasteiger partial charge in [-0.3, -0.25) is 25.0 Å². The summed E-state index contributed by atoms with van der Waals surface area (Å²) in [6.07, 6.45) is -5.35. The van der Waals surface area contributed by atoms with Crippen LogP contribution in [0.2, 0.25) is 0 Å². The lowest BCUT2D eigenvalue weighted by Gasteiger charge is -2.05. The Morgan fingerprint density at radius 3 is 2.06 bits per heavy atom. The van der Waals surface area contributed by atoms with Gasteiger partial charge in [0.25, 0.3) is 5.78 Å². The molecule has 0 heterocycles. The van der Waals surface area contributed by atoms with Gasteiger partial charge in [-0.05, 0) is 6.07 Å². The molecule has 0 aromatic heterocycles. The molecule has 0 spiro atoms. The average Bonchev–Trinajstić information content (AvgIpc) is 2.25. The molecule has 0 radical (unpaired) electrons. The highest BCUT2D eigenvalue weighted by molar-refractivity contribution is 6.04. The summed E-state index contributed by atoms with van der Waals surface area (Å²) in [5, 5.41) is 21.0. The summed E-state index contributed by atoms with van der Waals surface area (Å²) < 4.78 is 36.5. The highest BCUT2D eigenvalue weighted by atomic mass is 19.4. The third-order valence-corrected chi connectivity index (χ3v) is 1.90. The Hall–Kier alpha value is -2.52. The van der Waals surface area contributed by atoms with E-state index in [9.17, 15) is 38.2 Å². The van der Waals surface area contributed by atoms with Gasteiger partial charge in [-0.2, -0.15) is 13.2 Å². The molecule has 18 heavy (non-hydrogen) atoms. The van der Waals surface area contributed by atoms with E-state index >= 15 is 0 Å². The van der Waals surface area contributed by atoms with Crippen LogP contribution in [-0.4, -0.2) is 21.8 Å². The number of halogens is 3. The SMILES string of the molecule is O=C(c1cccc([N+](=O)[O-])c1[N+](=O)[O-])C(F)(F)F. The minimum absolute atomic E-state index is 0.515. The van der Waals surface area contributed by atoms with E-state index in [1.54, 1.807) is 0 Å². The Kier molecular flexibility index (Phi) is 3.30. The first-order chi connectivity index (χ1) is 8.16. The fraction of sp³-hybridized carbons (Fsp3) is 0.125. The van der Waals surface area contributed by atoms with E-state index in [2.05, 4.69) is 0 Å². The standard InChI is InChI=1S/C8H3F3N2O5/c9-8(10,11)7(14)4-2-1-3-5(12(15)16)6(4)13(17)18/h1-3H. The van der Waals surface area contributed by atoms with Crippen molar-refractivity contribution < 1.29 is 27.8 Å². The average molecular weight is 264 g/mol. The highest BCUT2D eigenvalue weighted by Crippen LogP contribution is 2.34. The van der Waals surface area contributed by atoms with Crippen LogP contribution in [0.15, 0.2) is 18.2 Å². The maximum atomic E-state index is 12.2. The highest BCUT2D eigenvalue weighted by Gasteiger charge is 2.44. The topological polar surface area (TPSA) is 103 Å². The zero-order valence-corrected chi connectivity index (χ0v) is 8.30. The Bertz CT molecular complexity index is 540. The predicted octanol–water partition coefficient (Wildman–Crippen LogP) is 2.25. The lowest BCUT2D eigenvalue weighted by Crippen LogP contribution is -2.24. The molecule has 0 atom stereocenters. The second-order valence-corrected chi connectivity index (χ2v) is 3.01. The van der Waals surface area contributed by atoms with Crippen LogP contribution in [0.4, 0.5) is 24.5 Å². The van der Waals surface area contributed by atoms with Gasteiger partial charge in [-0.15, -0.1) is 0 Å². The van der Waals surface area contributed by atoms with Gasteiger partial charge in [0.2, 0.25) is 0 Å². The van der Waals surface area contributed by atoms with Crippen LogP contribution in [0.3, 0.4) is 0 Å². The Labute approximate surface area is 96.1 Å². The molecule has 0 aliphatic heterocycles. The second kappa shape index (κ2) is 4.39. The number of ketones is 1. The number of benzene rings is 1. The van der Waals surface area contributed by atoms with Crippen molar-refractivity contribution in [3.05, 3.63) is 44.0 Å². The third kappa shape index (κ3) is 2.42. The molecule has 0 fully saturated rings. The molecule has 7 nitrogen and oxygen atoms in total. The van der Waals surface area contributed by atoms with Crippen molar-refractivity contribution in [2.24, 2.45) is 0 Å². The molecule has 0 saturated heterocycles. The van der Waals surface area contributed by atoms with E-state index < -0.39 is 38.7 Å². The van der Waals surface area contributed by atoms with Gasteiger partial charge in [0, 0.05) is 6.07 Å². The van der Waals surface area contributed by atoms with Crippen molar-refractivity contribution in [3.8, 4) is 0 Å². The van der Waals surface area contributed by atoms with E-state index in [4.69, 9.17) is 0 Å². The van der Waals surface area contributed by atoms with Gasteiger partial charge in [-0.25, -0.2) is 0 Å². The molecule has 0 N–H and O–H groups in total. The molecule has 0 aliphatic rings. The van der Waals surface area contributed by atoms with Crippen molar-refractivity contribution in [1.29, 1.82) is 0 Å². The summed E-state index contributed by atoms with van der Waals surface area (Å²) in [6, 6.07) is 1.93. The van der Waals surface area contributed by atoms with Gasteiger partial charge in [0.15, 0.2) is 0 Å². The number of carbonyl (C=O) groups is 1. The van der Waals surface area contributed by atoms with Gasteiger partial charge < -0.3 is 0 Å². The van der Waals surface area contributed by atoms with E-state index in [0.717, 1.165) is 6.07 Å². The lowest BCUT2D eigenvalue weighted by molar-refractivity contribution is -0.422. The normalized spacial score (nSPS) is 11.1. The van der Waals surface area contributed by atoms with Crippen LogP contribution >= 0.6 is 0 Å². The van der Waals surface area contributed by atoms with Crippen molar-refractivity contribution >= 4 is 17.2 Å². The minimum atomic E-state index is -5.35. The van der Waals surface area contributed by atoms with Crippen LogP contribution in [0.25, 0.3) is 0 Å². The molecule has 1 rings (SSSR count). The fourth-order valence-electron chi connectivity index (χ4n) is 1.21. The Balaban J connectivity index is 3.56. The summed E-state index contributed by atoms with van der Waals surface area (Å²) in [5.74, 6) is -2.50. The monoisotopic (exact) mass is 264 g/mol. The van der Waals surface area contributed by atoms with E-state index in [1.165, 1.54) is 0 Å². The third-order valence-electron chi connectivity index (χ3n) is 1.90. The van der Waals surface area contributed by atoms with Crippen LogP contribution in [-0.2, 0) is 0 Å². The number of carbonyl (C=O) groups excluding carboxylic acids is 1. The second-order valence-electron chi connectivity index (χ2n) is 3.01.